The zero-order valence-electron chi connectivity index (χ0n) is 27.8. The minimum absolute atomic E-state index is 0.184. The molecule has 0 aliphatic heterocycles. The highest BCUT2D eigenvalue weighted by molar-refractivity contribution is 6.00. The van der Waals surface area contributed by atoms with E-state index >= 15 is 0 Å². The van der Waals surface area contributed by atoms with Gasteiger partial charge in [0.05, 0.1) is 0 Å². The van der Waals surface area contributed by atoms with Crippen LogP contribution >= 0.6 is 0 Å². The average molecular weight is 602 g/mol. The van der Waals surface area contributed by atoms with E-state index in [1.165, 1.54) is 0 Å². The second kappa shape index (κ2) is 15.7. The van der Waals surface area contributed by atoms with Crippen molar-refractivity contribution in [3.05, 3.63) is 77.4 Å². The minimum Gasteiger partial charge on any atom is -0.444 e. The maximum absolute atomic E-state index is 14.6. The summed E-state index contributed by atoms with van der Waals surface area (Å²) in [5.41, 5.74) is 2.70. The molecule has 238 valence electrons. The summed E-state index contributed by atoms with van der Waals surface area (Å²) in [6, 6.07) is 18.1. The number of anilines is 1. The predicted octanol–water partition coefficient (Wildman–Crippen LogP) is 8.48. The third-order valence-corrected chi connectivity index (χ3v) is 7.82. The van der Waals surface area contributed by atoms with Crippen LogP contribution in [0.1, 0.15) is 96.4 Å². The average Bonchev–Trinajstić information content (AvgIpc) is 2.95. The van der Waals surface area contributed by atoms with Crippen molar-refractivity contribution in [2.24, 2.45) is 5.92 Å². The first-order valence-corrected chi connectivity index (χ1v) is 16.0. The zero-order valence-corrected chi connectivity index (χ0v) is 27.8. The second-order valence-electron chi connectivity index (χ2n) is 13.0. The van der Waals surface area contributed by atoms with Crippen molar-refractivity contribution in [3.8, 4) is 0 Å². The van der Waals surface area contributed by atoms with E-state index in [2.05, 4.69) is 23.6 Å². The van der Waals surface area contributed by atoms with Crippen LogP contribution < -0.4 is 10.6 Å². The van der Waals surface area contributed by atoms with Gasteiger partial charge in [0.1, 0.15) is 17.7 Å². The first-order chi connectivity index (χ1) is 20.8. The predicted molar refractivity (Wildman–Crippen MR) is 180 cm³/mol. The van der Waals surface area contributed by atoms with E-state index in [1.54, 1.807) is 25.7 Å². The molecule has 3 aromatic rings. The fraction of sp³-hybridized carbons (Fsp3) is 0.486. The van der Waals surface area contributed by atoms with Crippen molar-refractivity contribution in [2.45, 2.75) is 105 Å². The van der Waals surface area contributed by atoms with Gasteiger partial charge >= 0.3 is 6.09 Å². The summed E-state index contributed by atoms with van der Waals surface area (Å²) >= 11 is 0. The number of aryl methyl sites for hydroxylation is 2. The van der Waals surface area contributed by atoms with E-state index in [0.717, 1.165) is 53.1 Å². The molecule has 0 aliphatic rings. The maximum atomic E-state index is 14.6. The topological polar surface area (TPSA) is 87.7 Å². The molecule has 3 unspecified atom stereocenters. The monoisotopic (exact) mass is 601 g/mol. The summed E-state index contributed by atoms with van der Waals surface area (Å²) in [4.78, 5) is 43.6. The van der Waals surface area contributed by atoms with Gasteiger partial charge in [0.2, 0.25) is 5.91 Å². The number of benzene rings is 3. The fourth-order valence-corrected chi connectivity index (χ4v) is 5.49. The standard InChI is InChI=1S/C37H51N3O4/c1-9-11-12-15-20-40(35(42)32(27(5)10-2)39-36(43)44-37(6,7)8)33(30-22-25(3)21-26(4)23-30)34(41)38-31-19-18-28-16-13-14-17-29(28)24-31/h13-14,16-19,21-24,27,32-33H,9-12,15,20H2,1-8H3,(H,38,41)(H,39,43). The van der Waals surface area contributed by atoms with E-state index in [4.69, 9.17) is 4.74 Å². The fourth-order valence-electron chi connectivity index (χ4n) is 5.49. The third-order valence-electron chi connectivity index (χ3n) is 7.82. The Morgan fingerprint density at radius 1 is 0.864 bits per heavy atom. The van der Waals surface area contributed by atoms with Crippen LogP contribution in [-0.4, -0.2) is 41.0 Å². The van der Waals surface area contributed by atoms with Gasteiger partial charge in [-0.05, 0) is 75.4 Å². The molecule has 7 nitrogen and oxygen atoms in total. The molecular formula is C37H51N3O4. The third kappa shape index (κ3) is 9.83. The molecule has 0 radical (unpaired) electrons. The molecule has 7 heteroatoms. The highest BCUT2D eigenvalue weighted by Gasteiger charge is 2.38. The van der Waals surface area contributed by atoms with Crippen LogP contribution in [0.25, 0.3) is 10.8 Å². The van der Waals surface area contributed by atoms with Crippen molar-refractivity contribution >= 4 is 34.4 Å². The number of hydrogen-bond acceptors (Lipinski definition) is 4. The van der Waals surface area contributed by atoms with Gasteiger partial charge < -0.3 is 20.3 Å². The molecule has 0 spiro atoms. The van der Waals surface area contributed by atoms with Gasteiger partial charge in [-0.3, -0.25) is 9.59 Å². The number of rotatable bonds is 13. The molecule has 0 heterocycles. The first-order valence-electron chi connectivity index (χ1n) is 16.0. The SMILES string of the molecule is CCCCCCN(C(=O)C(NC(=O)OC(C)(C)C)C(C)CC)C(C(=O)Nc1ccc2ccccc2c1)c1cc(C)cc(C)c1. The molecule has 0 saturated carbocycles. The number of carbonyl (C=O) groups is 3. The van der Waals surface area contributed by atoms with Crippen LogP contribution in [-0.2, 0) is 14.3 Å². The van der Waals surface area contributed by atoms with Crippen LogP contribution in [0.2, 0.25) is 0 Å². The minimum atomic E-state index is -0.902. The molecule has 2 N–H and O–H groups in total. The summed E-state index contributed by atoms with van der Waals surface area (Å²) in [7, 11) is 0. The van der Waals surface area contributed by atoms with Crippen LogP contribution in [0, 0.1) is 19.8 Å². The van der Waals surface area contributed by atoms with E-state index in [-0.39, 0.29) is 17.7 Å². The Kier molecular flexibility index (Phi) is 12.4. The van der Waals surface area contributed by atoms with Gasteiger partial charge in [0.15, 0.2) is 0 Å². The number of ether oxygens (including phenoxy) is 1. The van der Waals surface area contributed by atoms with E-state index in [1.807, 2.05) is 82.3 Å². The van der Waals surface area contributed by atoms with Gasteiger partial charge in [-0.15, -0.1) is 0 Å². The molecule has 0 aliphatic carbocycles. The number of fused-ring (bicyclic) bond motifs is 1. The Labute approximate surface area is 263 Å². The number of unbranched alkanes of at least 4 members (excludes halogenated alkanes) is 3. The summed E-state index contributed by atoms with van der Waals surface area (Å²) in [6.45, 7) is 15.8. The smallest absolute Gasteiger partial charge is 0.408 e. The molecule has 44 heavy (non-hydrogen) atoms. The normalized spacial score (nSPS) is 13.5. The molecule has 3 aromatic carbocycles. The Bertz CT molecular complexity index is 1410. The van der Waals surface area contributed by atoms with Crippen LogP contribution in [0.4, 0.5) is 10.5 Å². The summed E-state index contributed by atoms with van der Waals surface area (Å²) < 4.78 is 5.54. The van der Waals surface area contributed by atoms with Crippen molar-refractivity contribution in [3.63, 3.8) is 0 Å². The first kappa shape index (κ1) is 34.6. The van der Waals surface area contributed by atoms with Crippen LogP contribution in [0.5, 0.6) is 0 Å². The molecule has 3 amide bonds. The van der Waals surface area contributed by atoms with Crippen molar-refractivity contribution in [1.29, 1.82) is 0 Å². The molecule has 0 saturated heterocycles. The molecule has 0 fully saturated rings. The second-order valence-corrected chi connectivity index (χ2v) is 13.0. The van der Waals surface area contributed by atoms with E-state index in [9.17, 15) is 14.4 Å². The quantitative estimate of drug-likeness (QED) is 0.192. The summed E-state index contributed by atoms with van der Waals surface area (Å²) in [5.74, 6) is -0.773. The van der Waals surface area contributed by atoms with Gasteiger partial charge in [-0.2, -0.15) is 0 Å². The lowest BCUT2D eigenvalue weighted by atomic mass is 9.94. The van der Waals surface area contributed by atoms with Gasteiger partial charge in [0, 0.05) is 12.2 Å². The van der Waals surface area contributed by atoms with E-state index < -0.39 is 23.8 Å². The zero-order chi connectivity index (χ0) is 32.4. The van der Waals surface area contributed by atoms with Crippen LogP contribution in [0.15, 0.2) is 60.7 Å². The van der Waals surface area contributed by atoms with Crippen molar-refractivity contribution in [2.75, 3.05) is 11.9 Å². The van der Waals surface area contributed by atoms with Crippen molar-refractivity contribution < 1.29 is 19.1 Å². The summed E-state index contributed by atoms with van der Waals surface area (Å²) in [6.07, 6.45) is 3.76. The molecule has 0 aromatic heterocycles. The lowest BCUT2D eigenvalue weighted by Gasteiger charge is -2.36. The van der Waals surface area contributed by atoms with Crippen LogP contribution in [0.3, 0.4) is 0 Å². The Morgan fingerprint density at radius 2 is 1.52 bits per heavy atom. The Balaban J connectivity index is 2.08. The number of amides is 3. The Hall–Kier alpha value is -3.87. The molecule has 0 bridgehead atoms. The van der Waals surface area contributed by atoms with Gasteiger partial charge in [-0.1, -0.05) is 106 Å². The highest BCUT2D eigenvalue weighted by atomic mass is 16.6. The Morgan fingerprint density at radius 3 is 2.14 bits per heavy atom. The number of nitrogens with one attached hydrogen (secondary N) is 2. The lowest BCUT2D eigenvalue weighted by molar-refractivity contribution is -0.142. The molecule has 3 atom stereocenters. The number of carbonyl (C=O) groups excluding carboxylic acids is 3. The van der Waals surface area contributed by atoms with Gasteiger partial charge in [0.25, 0.3) is 5.91 Å². The van der Waals surface area contributed by atoms with Crippen molar-refractivity contribution in [1.82, 2.24) is 10.2 Å². The highest BCUT2D eigenvalue weighted by Crippen LogP contribution is 2.29. The van der Waals surface area contributed by atoms with Gasteiger partial charge in [-0.25, -0.2) is 4.79 Å². The largest absolute Gasteiger partial charge is 0.444 e. The summed E-state index contributed by atoms with van der Waals surface area (Å²) in [5, 5.41) is 8.07. The number of hydrogen-bond donors (Lipinski definition) is 2. The maximum Gasteiger partial charge on any atom is 0.408 e. The van der Waals surface area contributed by atoms with E-state index in [0.29, 0.717) is 18.7 Å². The molecular weight excluding hydrogens is 550 g/mol. The number of alkyl carbamates (subject to hydrolysis) is 1. The number of nitrogens with zero attached hydrogens (tertiary/aromatic N) is 1. The molecule has 3 rings (SSSR count). The lowest BCUT2D eigenvalue weighted by Crippen LogP contribution is -2.55.